The Labute approximate surface area is 231 Å². The number of carbonyl (C=O) groups excluding carboxylic acids is 1. The van der Waals surface area contributed by atoms with E-state index in [1.165, 1.54) is 23.9 Å². The summed E-state index contributed by atoms with van der Waals surface area (Å²) in [5.74, 6) is -0.183. The lowest BCUT2D eigenvalue weighted by atomic mass is 10.1. The summed E-state index contributed by atoms with van der Waals surface area (Å²) in [6, 6.07) is 17.3. The second-order valence-corrected chi connectivity index (χ2v) is 10.2. The van der Waals surface area contributed by atoms with Gasteiger partial charge in [-0.05, 0) is 94.3 Å². The first-order valence-corrected chi connectivity index (χ1v) is 13.2. The van der Waals surface area contributed by atoms with Crippen molar-refractivity contribution in [3.63, 3.8) is 0 Å². The number of methoxy groups -OCH3 is 1. The highest BCUT2D eigenvalue weighted by atomic mass is 79.9. The van der Waals surface area contributed by atoms with E-state index in [2.05, 4.69) is 20.9 Å². The molecule has 1 aliphatic heterocycles. The van der Waals surface area contributed by atoms with Crippen molar-refractivity contribution in [1.82, 2.24) is 4.90 Å². The topological polar surface area (TPSA) is 88.4 Å². The number of aromatic carboxylic acids is 1. The Morgan fingerprint density at radius 3 is 2.68 bits per heavy atom. The second-order valence-electron chi connectivity index (χ2n) is 7.86. The summed E-state index contributed by atoms with van der Waals surface area (Å²) in [6.45, 7) is 2.58. The molecule has 10 heteroatoms. The molecular weight excluding hydrogens is 580 g/mol. The normalized spacial score (nSPS) is 15.5. The molecule has 0 bridgehead atoms. The molecule has 37 heavy (non-hydrogen) atoms. The number of amidine groups is 1. The number of nitrogens with zero attached hydrogens (tertiary/aromatic N) is 2. The zero-order valence-corrected chi connectivity index (χ0v) is 23.1. The molecule has 3 aromatic rings. The first-order chi connectivity index (χ1) is 17.8. The number of thioether (sulfide) groups is 1. The van der Waals surface area contributed by atoms with Crippen molar-refractivity contribution in [2.45, 2.75) is 13.5 Å². The van der Waals surface area contributed by atoms with Gasteiger partial charge in [-0.2, -0.15) is 0 Å². The number of carboxylic acids is 1. The zero-order valence-electron chi connectivity index (χ0n) is 19.9. The summed E-state index contributed by atoms with van der Waals surface area (Å²) in [7, 11) is 1.55. The minimum atomic E-state index is -1.04. The van der Waals surface area contributed by atoms with Crippen LogP contribution in [0.3, 0.4) is 0 Å². The zero-order chi connectivity index (χ0) is 26.5. The number of likely N-dealkylation sites (N-methyl/N-ethyl adjacent to an activating group) is 1. The van der Waals surface area contributed by atoms with Gasteiger partial charge in [0.2, 0.25) is 0 Å². The van der Waals surface area contributed by atoms with E-state index in [9.17, 15) is 14.7 Å². The van der Waals surface area contributed by atoms with E-state index >= 15 is 0 Å². The summed E-state index contributed by atoms with van der Waals surface area (Å²) in [5.41, 5.74) is 2.24. The van der Waals surface area contributed by atoms with E-state index in [0.717, 1.165) is 11.1 Å². The molecule has 0 aliphatic carbocycles. The fourth-order valence-electron chi connectivity index (χ4n) is 3.59. The highest BCUT2D eigenvalue weighted by Gasteiger charge is 2.32. The molecule has 1 fully saturated rings. The highest BCUT2D eigenvalue weighted by molar-refractivity contribution is 9.10. The molecule has 1 heterocycles. The lowest BCUT2D eigenvalue weighted by Gasteiger charge is -2.14. The number of aliphatic imine (C=N–C) groups is 1. The molecule has 0 spiro atoms. The average molecular weight is 602 g/mol. The van der Waals surface area contributed by atoms with Crippen LogP contribution in [0.5, 0.6) is 11.5 Å². The summed E-state index contributed by atoms with van der Waals surface area (Å²) < 4.78 is 12.2. The minimum Gasteiger partial charge on any atom is -0.493 e. The van der Waals surface area contributed by atoms with Gasteiger partial charge in [0.25, 0.3) is 5.91 Å². The predicted octanol–water partition coefficient (Wildman–Crippen LogP) is 7.01. The third kappa shape index (κ3) is 6.36. The van der Waals surface area contributed by atoms with Gasteiger partial charge in [-0.15, -0.1) is 0 Å². The third-order valence-electron chi connectivity index (χ3n) is 5.34. The number of rotatable bonds is 8. The molecule has 0 radical (unpaired) electrons. The van der Waals surface area contributed by atoms with Crippen LogP contribution in [0.4, 0.5) is 5.69 Å². The van der Waals surface area contributed by atoms with Gasteiger partial charge in [-0.1, -0.05) is 29.8 Å². The molecule has 4 rings (SSSR count). The van der Waals surface area contributed by atoms with Crippen molar-refractivity contribution >= 4 is 68.1 Å². The molecule has 1 saturated heterocycles. The fourth-order valence-corrected chi connectivity index (χ4v) is 5.44. The van der Waals surface area contributed by atoms with Crippen LogP contribution in [0.2, 0.25) is 5.02 Å². The van der Waals surface area contributed by atoms with Crippen molar-refractivity contribution in [2.24, 2.45) is 4.99 Å². The largest absolute Gasteiger partial charge is 0.493 e. The molecule has 1 aliphatic rings. The Bertz CT molecular complexity index is 1430. The molecule has 0 saturated carbocycles. The lowest BCUT2D eigenvalue weighted by Crippen LogP contribution is -2.28. The van der Waals surface area contributed by atoms with E-state index in [-0.39, 0.29) is 11.5 Å². The maximum absolute atomic E-state index is 13.1. The van der Waals surface area contributed by atoms with Gasteiger partial charge < -0.3 is 14.6 Å². The summed E-state index contributed by atoms with van der Waals surface area (Å²) in [6.07, 6.45) is 1.76. The smallest absolute Gasteiger partial charge is 0.335 e. The molecule has 1 N–H and O–H groups in total. The fraction of sp³-hybridized carbons (Fsp3) is 0.148. The molecule has 0 atom stereocenters. The second kappa shape index (κ2) is 11.9. The van der Waals surface area contributed by atoms with Crippen LogP contribution in [0.15, 0.2) is 75.0 Å². The molecule has 0 unspecified atom stereocenters. The number of amides is 1. The average Bonchev–Trinajstić information content (AvgIpc) is 3.16. The first-order valence-electron chi connectivity index (χ1n) is 11.2. The van der Waals surface area contributed by atoms with Crippen molar-refractivity contribution in [1.29, 1.82) is 0 Å². The number of ether oxygens (including phenoxy) is 2. The van der Waals surface area contributed by atoms with Gasteiger partial charge in [-0.25, -0.2) is 9.79 Å². The standard InChI is InChI=1S/C27H22BrClN2O5S/c1-3-31-25(32)23(37-27(31)30-20-9-5-7-18(14-20)26(33)34)13-17-11-21(28)24(22(12-17)35-2)36-15-16-6-4-8-19(29)10-16/h4-14H,3,15H2,1-2H3,(H,33,34)/b23-13-,30-27?. The first kappa shape index (κ1) is 26.8. The van der Waals surface area contributed by atoms with Crippen LogP contribution in [0.25, 0.3) is 6.08 Å². The van der Waals surface area contributed by atoms with Crippen LogP contribution in [0.1, 0.15) is 28.4 Å². The van der Waals surface area contributed by atoms with E-state index < -0.39 is 5.97 Å². The molecule has 0 aromatic heterocycles. The van der Waals surface area contributed by atoms with Gasteiger partial charge in [0.1, 0.15) is 6.61 Å². The van der Waals surface area contributed by atoms with Gasteiger partial charge in [-0.3, -0.25) is 9.69 Å². The Morgan fingerprint density at radius 2 is 1.97 bits per heavy atom. The van der Waals surface area contributed by atoms with Gasteiger partial charge in [0, 0.05) is 11.6 Å². The number of carbonyl (C=O) groups is 2. The lowest BCUT2D eigenvalue weighted by molar-refractivity contribution is -0.122. The Morgan fingerprint density at radius 1 is 1.19 bits per heavy atom. The van der Waals surface area contributed by atoms with E-state index in [0.29, 0.717) is 49.9 Å². The third-order valence-corrected chi connectivity index (χ3v) is 7.17. The Kier molecular flexibility index (Phi) is 8.58. The van der Waals surface area contributed by atoms with E-state index in [1.54, 1.807) is 42.4 Å². The number of halogens is 2. The SMILES string of the molecule is CCN1C(=O)/C(=C/c2cc(Br)c(OCc3cccc(Cl)c3)c(OC)c2)SC1=Nc1cccc(C(=O)O)c1. The van der Waals surface area contributed by atoms with Crippen LogP contribution in [-0.2, 0) is 11.4 Å². The summed E-state index contributed by atoms with van der Waals surface area (Å²) in [4.78, 5) is 31.0. The molecular formula is C27H22BrClN2O5S. The quantitative estimate of drug-likeness (QED) is 0.279. The van der Waals surface area contributed by atoms with Crippen LogP contribution >= 0.6 is 39.3 Å². The van der Waals surface area contributed by atoms with E-state index in [1.807, 2.05) is 31.2 Å². The maximum atomic E-state index is 13.1. The summed E-state index contributed by atoms with van der Waals surface area (Å²) >= 11 is 10.9. The van der Waals surface area contributed by atoms with Gasteiger partial charge >= 0.3 is 5.97 Å². The molecule has 1 amide bonds. The van der Waals surface area contributed by atoms with Gasteiger partial charge in [0.15, 0.2) is 16.7 Å². The van der Waals surface area contributed by atoms with Crippen molar-refractivity contribution in [3.8, 4) is 11.5 Å². The maximum Gasteiger partial charge on any atom is 0.335 e. The van der Waals surface area contributed by atoms with Crippen molar-refractivity contribution < 1.29 is 24.2 Å². The van der Waals surface area contributed by atoms with E-state index in [4.69, 9.17) is 21.1 Å². The molecule has 190 valence electrons. The monoisotopic (exact) mass is 600 g/mol. The number of hydrogen-bond donors (Lipinski definition) is 1. The van der Waals surface area contributed by atoms with Gasteiger partial charge in [0.05, 0.1) is 27.7 Å². The molecule has 7 nitrogen and oxygen atoms in total. The summed E-state index contributed by atoms with van der Waals surface area (Å²) in [5, 5.41) is 10.4. The van der Waals surface area contributed by atoms with Crippen molar-refractivity contribution in [2.75, 3.05) is 13.7 Å². The number of hydrogen-bond acceptors (Lipinski definition) is 6. The Hall–Kier alpha value is -3.27. The minimum absolute atomic E-state index is 0.129. The predicted molar refractivity (Wildman–Crippen MR) is 150 cm³/mol. The number of carboxylic acid groups (broad SMARTS) is 1. The van der Waals surface area contributed by atoms with Crippen molar-refractivity contribution in [3.05, 3.63) is 91.8 Å². The van der Waals surface area contributed by atoms with Crippen LogP contribution < -0.4 is 9.47 Å². The highest BCUT2D eigenvalue weighted by Crippen LogP contribution is 2.40. The Balaban J connectivity index is 1.60. The number of benzene rings is 3. The molecule has 3 aromatic carbocycles. The van der Waals surface area contributed by atoms with Crippen LogP contribution in [-0.4, -0.2) is 40.7 Å². The van der Waals surface area contributed by atoms with Crippen LogP contribution in [0, 0.1) is 0 Å².